The van der Waals surface area contributed by atoms with Gasteiger partial charge in [0.2, 0.25) is 23.6 Å². The van der Waals surface area contributed by atoms with Crippen LogP contribution in [0.5, 0.6) is 0 Å². The Hall–Kier alpha value is -4.45. The molecule has 0 aromatic heterocycles. The van der Waals surface area contributed by atoms with Crippen LogP contribution in [0, 0.1) is 0 Å². The first-order chi connectivity index (χ1) is 33.5. The van der Waals surface area contributed by atoms with Gasteiger partial charge in [-0.05, 0) is 25.7 Å². The molecule has 0 saturated carbocycles. The van der Waals surface area contributed by atoms with Crippen LogP contribution >= 0.6 is 37.4 Å². The minimum atomic E-state index is -1.35. The summed E-state index contributed by atoms with van der Waals surface area (Å²) >= 11 is 6.48. The zero-order valence-electron chi connectivity index (χ0n) is 39.7. The fraction of sp³-hybridized carbons (Fsp3) is 0.762. The number of hydrogen-bond donors (Lipinski definition) is 13. The first-order valence-corrected chi connectivity index (χ1v) is 24.7. The normalized spacial score (nSPS) is 11.2. The summed E-state index contributed by atoms with van der Waals surface area (Å²) in [5, 5.41) is 55.9. The van der Waals surface area contributed by atoms with Crippen molar-refractivity contribution in [3.8, 4) is 0 Å². The van der Waals surface area contributed by atoms with Crippen LogP contribution in [-0.2, 0) is 57.3 Å². The third kappa shape index (κ3) is 52.9. The number of hydrogen-bond acceptors (Lipinski definition) is 18. The molecule has 0 bridgehead atoms. The lowest BCUT2D eigenvalue weighted by atomic mass is 10.0. The van der Waals surface area contributed by atoms with Crippen molar-refractivity contribution in [2.24, 2.45) is 5.14 Å². The molecule has 0 aromatic carbocycles. The second kappa shape index (κ2) is 50.9. The van der Waals surface area contributed by atoms with Gasteiger partial charge < -0.3 is 65.7 Å². The molecule has 2 atom stereocenters. The van der Waals surface area contributed by atoms with E-state index in [1.54, 1.807) is 0 Å². The summed E-state index contributed by atoms with van der Waals surface area (Å²) in [6.45, 7) is 0.466. The number of unbranched alkanes of at least 4 members (excludes halogenated alkanes) is 13. The number of carboxylic acids is 4. The zero-order valence-corrected chi connectivity index (χ0v) is 42.3. The number of thioether (sulfide) groups is 1. The summed E-state index contributed by atoms with van der Waals surface area (Å²) < 4.78 is 22.8. The number of ether oxygens (including phenoxy) is 4. The van der Waals surface area contributed by atoms with E-state index in [0.717, 1.165) is 44.9 Å². The number of carbonyl (C=O) groups is 10. The number of nitrogens with two attached hydrogens (primary N) is 1. The molecule has 406 valence electrons. The van der Waals surface area contributed by atoms with Gasteiger partial charge >= 0.3 is 29.2 Å². The van der Waals surface area contributed by atoms with Gasteiger partial charge in [0.25, 0.3) is 5.24 Å². The average molecular weight is 1070 g/mol. The van der Waals surface area contributed by atoms with Crippen LogP contribution in [0.25, 0.3) is 0 Å². The van der Waals surface area contributed by atoms with Crippen LogP contribution in [0.1, 0.15) is 128 Å². The largest absolute Gasteiger partial charge is 0.481 e. The molecule has 0 fully saturated rings. The van der Waals surface area contributed by atoms with Gasteiger partial charge in [-0.25, -0.2) is 14.4 Å². The number of rotatable bonds is 43. The Morgan fingerprint density at radius 3 is 1.21 bits per heavy atom. The van der Waals surface area contributed by atoms with Gasteiger partial charge in [-0.3, -0.25) is 43.4 Å². The van der Waals surface area contributed by atoms with E-state index in [-0.39, 0.29) is 121 Å². The highest BCUT2D eigenvalue weighted by Crippen LogP contribution is 2.14. The van der Waals surface area contributed by atoms with Crippen molar-refractivity contribution in [2.75, 3.05) is 65.9 Å². The molecule has 0 spiro atoms. The Morgan fingerprint density at radius 2 is 0.814 bits per heavy atom. The molecule has 0 heterocycles. The van der Waals surface area contributed by atoms with Gasteiger partial charge in [-0.2, -0.15) is 0 Å². The molecular formula is C42H76N6O19S3. The average Bonchev–Trinajstić information content (AvgIpc) is 3.30. The Kier molecular flexibility index (Phi) is 50.8. The summed E-state index contributed by atoms with van der Waals surface area (Å²) in [4.78, 5) is 112. The van der Waals surface area contributed by atoms with Crippen molar-refractivity contribution < 1.29 is 92.4 Å². The molecule has 12 N–H and O–H groups in total. The van der Waals surface area contributed by atoms with Crippen LogP contribution in [0.15, 0.2) is 0 Å². The lowest BCUT2D eigenvalue weighted by Crippen LogP contribution is -2.42. The highest BCUT2D eigenvalue weighted by Gasteiger charge is 2.22. The van der Waals surface area contributed by atoms with E-state index in [9.17, 15) is 53.1 Å². The van der Waals surface area contributed by atoms with Crippen LogP contribution in [-0.4, -0.2) is 162 Å². The van der Waals surface area contributed by atoms with Crippen molar-refractivity contribution >= 4 is 95.4 Å². The van der Waals surface area contributed by atoms with Gasteiger partial charge in [-0.1, -0.05) is 89.9 Å². The summed E-state index contributed by atoms with van der Waals surface area (Å²) in [7, 11) is 0. The molecule has 28 heteroatoms. The van der Waals surface area contributed by atoms with Crippen molar-refractivity contribution in [1.29, 1.82) is 0 Å². The highest BCUT2D eigenvalue weighted by molar-refractivity contribution is 8.26. The van der Waals surface area contributed by atoms with Gasteiger partial charge in [0.15, 0.2) is 0 Å². The first kappa shape index (κ1) is 69.8. The van der Waals surface area contributed by atoms with E-state index in [1.807, 2.05) is 4.72 Å². The van der Waals surface area contributed by atoms with Crippen LogP contribution < -0.4 is 31.1 Å². The van der Waals surface area contributed by atoms with E-state index < -0.39 is 65.4 Å². The molecule has 0 aliphatic carbocycles. The quantitative estimate of drug-likeness (QED) is 0.0308. The summed E-state index contributed by atoms with van der Waals surface area (Å²) in [6, 6.07) is -2.49. The predicted octanol–water partition coefficient (Wildman–Crippen LogP) is 3.14. The molecule has 0 radical (unpaired) electrons. The number of carboxylic acid groups (broad SMARTS) is 5. The molecule has 0 aliphatic heterocycles. The Bertz CT molecular complexity index is 1490. The fourth-order valence-corrected chi connectivity index (χ4v) is 6.12. The third-order valence-electron chi connectivity index (χ3n) is 9.24. The molecular weight excluding hydrogens is 989 g/mol. The van der Waals surface area contributed by atoms with Gasteiger partial charge in [0.1, 0.15) is 25.3 Å². The van der Waals surface area contributed by atoms with E-state index >= 15 is 0 Å². The van der Waals surface area contributed by atoms with Crippen molar-refractivity contribution in [2.45, 2.75) is 141 Å². The van der Waals surface area contributed by atoms with E-state index in [2.05, 4.69) is 52.0 Å². The Balaban J connectivity index is -0.00000404. The summed E-state index contributed by atoms with van der Waals surface area (Å²) in [5.74, 6) is -6.26. The molecule has 5 amide bonds. The number of thiol groups is 2. The van der Waals surface area contributed by atoms with Gasteiger partial charge in [0.05, 0.1) is 51.4 Å². The maximum absolute atomic E-state index is 12.3. The van der Waals surface area contributed by atoms with Crippen LogP contribution in [0.4, 0.5) is 9.59 Å². The standard InChI is InChI=1S/C40H70N4O16.C2H3NO3S2.H3NS/c45-33(19-17-31(39(53)54)43-34(46)15-13-11-9-7-5-3-1-2-4-6-8-10-12-14-16-37(49)50)41-21-23-57-25-27-59-29-35(47)42-22-24-58-26-28-60-30-36(48)44-32(40(55)56)18-20-38(51)52;4-1(3-7)8-2(5)6;1-2/h31-32H,1-30H2,(H,41,45)(H,42,47)(H,43,46)(H,44,48)(H,49,50)(H,51,52)(H,53,54)(H,55,56);7H,(H,3,4)(H,5,6);2H,1H2/t31-,32?;;/m0../s1. The topological polar surface area (TPSA) is 395 Å². The molecule has 0 rings (SSSR count). The minimum Gasteiger partial charge on any atom is -0.481 e. The molecule has 1 unspecified atom stereocenters. The monoisotopic (exact) mass is 1060 g/mol. The maximum Gasteiger partial charge on any atom is 0.374 e. The number of aliphatic carboxylic acids is 4. The molecule has 0 saturated heterocycles. The third-order valence-corrected chi connectivity index (χ3v) is 10.1. The maximum atomic E-state index is 12.3. The van der Waals surface area contributed by atoms with Crippen LogP contribution in [0.3, 0.4) is 0 Å². The first-order valence-electron chi connectivity index (χ1n) is 22.9. The number of carbonyl (C=O) groups excluding carboxylic acids is 5. The highest BCUT2D eigenvalue weighted by atomic mass is 32.2. The van der Waals surface area contributed by atoms with E-state index in [1.165, 1.54) is 38.5 Å². The minimum absolute atomic E-state index is 0.0269. The molecule has 70 heavy (non-hydrogen) atoms. The van der Waals surface area contributed by atoms with Gasteiger partial charge in [-0.15, -0.1) is 12.8 Å². The summed E-state index contributed by atoms with van der Waals surface area (Å²) in [5.41, 5.74) is 0. The lowest BCUT2D eigenvalue weighted by molar-refractivity contribution is -0.144. The second-order valence-electron chi connectivity index (χ2n) is 15.0. The van der Waals surface area contributed by atoms with E-state index in [0.29, 0.717) is 6.42 Å². The predicted molar refractivity (Wildman–Crippen MR) is 262 cm³/mol. The molecule has 25 nitrogen and oxygen atoms in total. The Labute approximate surface area is 424 Å². The van der Waals surface area contributed by atoms with Crippen molar-refractivity contribution in [3.63, 3.8) is 0 Å². The summed E-state index contributed by atoms with van der Waals surface area (Å²) in [6.07, 6.45) is 14.6. The zero-order chi connectivity index (χ0) is 53.2. The van der Waals surface area contributed by atoms with E-state index in [4.69, 9.17) is 39.4 Å². The van der Waals surface area contributed by atoms with Crippen molar-refractivity contribution in [1.82, 2.24) is 26.0 Å². The molecule has 0 aliphatic rings. The SMILES string of the molecule is NS.O=C(O)CCCCCCCCCCCCCCCCC(=O)N[C@@H](CCC(=O)NCCOCCOCC(=O)NCCOCCOCC(=O)NC(CCC(=O)O)C(=O)O)C(=O)O.O=C(O)SC(=O)NS. The number of amides is 5. The van der Waals surface area contributed by atoms with Crippen LogP contribution in [0.2, 0.25) is 0 Å². The Morgan fingerprint density at radius 1 is 0.443 bits per heavy atom. The fourth-order valence-electron chi connectivity index (χ4n) is 5.78. The van der Waals surface area contributed by atoms with Crippen molar-refractivity contribution in [3.05, 3.63) is 0 Å². The number of nitrogens with one attached hydrogen (secondary N) is 5. The second-order valence-corrected chi connectivity index (χ2v) is 16.2. The molecule has 0 aromatic rings. The van der Waals surface area contributed by atoms with Gasteiger partial charge in [0, 0.05) is 38.8 Å². The lowest BCUT2D eigenvalue weighted by Gasteiger charge is -2.14. The smallest absolute Gasteiger partial charge is 0.374 e.